The predicted molar refractivity (Wildman–Crippen MR) is 78.2 cm³/mol. The molecule has 0 spiro atoms. The number of nitrogens with zero attached hydrogens (tertiary/aromatic N) is 1. The molecule has 0 bridgehead atoms. The van der Waals surface area contributed by atoms with Gasteiger partial charge >= 0.3 is 12.1 Å². The molecule has 1 aromatic rings. The minimum Gasteiger partial charge on any atom is -0.442 e. The van der Waals surface area contributed by atoms with Crippen molar-refractivity contribution in [2.75, 3.05) is 18.0 Å². The monoisotopic (exact) mass is 297 g/mol. The number of hydrogen-bond donors (Lipinski definition) is 2. The first-order chi connectivity index (χ1) is 9.35. The zero-order valence-corrected chi connectivity index (χ0v) is 12.6. The van der Waals surface area contributed by atoms with Gasteiger partial charge in [0.05, 0.1) is 13.1 Å². The summed E-state index contributed by atoms with van der Waals surface area (Å²) in [5.74, 6) is 0. The molecule has 0 aliphatic carbocycles. The molecule has 0 saturated carbocycles. The van der Waals surface area contributed by atoms with Gasteiger partial charge in [0.15, 0.2) is 0 Å². The molecule has 1 atom stereocenters. The number of cyclic esters (lactones) is 1. The Labute approximate surface area is 122 Å². The van der Waals surface area contributed by atoms with Crippen LogP contribution in [0, 0.1) is 0 Å². The molecule has 1 saturated heterocycles. The summed E-state index contributed by atoms with van der Waals surface area (Å²) >= 11 is 1.48. The normalized spacial score (nSPS) is 18.9. The highest BCUT2D eigenvalue weighted by Crippen LogP contribution is 2.25. The zero-order chi connectivity index (χ0) is 14.8. The molecule has 2 rings (SSSR count). The van der Waals surface area contributed by atoms with Gasteiger partial charge in [0.25, 0.3) is 0 Å². The molecule has 1 aliphatic rings. The van der Waals surface area contributed by atoms with Gasteiger partial charge < -0.3 is 15.4 Å². The number of carbonyl (C=O) groups is 2. The van der Waals surface area contributed by atoms with Gasteiger partial charge in [0.2, 0.25) is 0 Å². The Morgan fingerprint density at radius 3 is 2.90 bits per heavy atom. The Morgan fingerprint density at radius 1 is 1.55 bits per heavy atom. The molecule has 6 nitrogen and oxygen atoms in total. The van der Waals surface area contributed by atoms with Crippen molar-refractivity contribution in [1.82, 2.24) is 10.6 Å². The average molecular weight is 297 g/mol. The van der Waals surface area contributed by atoms with E-state index in [4.69, 9.17) is 4.74 Å². The summed E-state index contributed by atoms with van der Waals surface area (Å²) in [6.07, 6.45) is -0.689. The van der Waals surface area contributed by atoms with Gasteiger partial charge in [-0.25, -0.2) is 9.59 Å². The van der Waals surface area contributed by atoms with E-state index in [2.05, 4.69) is 10.6 Å². The van der Waals surface area contributed by atoms with E-state index >= 15 is 0 Å². The first kappa shape index (κ1) is 14.6. The smallest absolute Gasteiger partial charge is 0.415 e. The van der Waals surface area contributed by atoms with E-state index in [0.717, 1.165) is 5.00 Å². The maximum Gasteiger partial charge on any atom is 0.415 e. The van der Waals surface area contributed by atoms with Crippen LogP contribution in [0.5, 0.6) is 0 Å². The molecular weight excluding hydrogens is 278 g/mol. The molecule has 20 heavy (non-hydrogen) atoms. The minimum atomic E-state index is -0.365. The summed E-state index contributed by atoms with van der Waals surface area (Å²) in [6.45, 7) is 6.47. The number of ether oxygens (including phenoxy) is 1. The second-order valence-corrected chi connectivity index (χ2v) is 6.58. The highest BCUT2D eigenvalue weighted by atomic mass is 32.1. The van der Waals surface area contributed by atoms with Gasteiger partial charge in [-0.2, -0.15) is 0 Å². The Bertz CT molecular complexity index is 482. The van der Waals surface area contributed by atoms with Gasteiger partial charge in [-0.1, -0.05) is 0 Å². The van der Waals surface area contributed by atoms with E-state index in [1.165, 1.54) is 11.3 Å². The van der Waals surface area contributed by atoms with Crippen LogP contribution in [-0.4, -0.2) is 36.9 Å². The fourth-order valence-electron chi connectivity index (χ4n) is 1.82. The highest BCUT2D eigenvalue weighted by molar-refractivity contribution is 7.14. The lowest BCUT2D eigenvalue weighted by molar-refractivity contribution is 0.140. The van der Waals surface area contributed by atoms with Crippen molar-refractivity contribution < 1.29 is 14.3 Å². The summed E-state index contributed by atoms with van der Waals surface area (Å²) in [7, 11) is 0. The fourth-order valence-corrected chi connectivity index (χ4v) is 2.55. The second kappa shape index (κ2) is 5.70. The highest BCUT2D eigenvalue weighted by Gasteiger charge is 2.33. The van der Waals surface area contributed by atoms with Crippen molar-refractivity contribution >= 4 is 28.5 Å². The van der Waals surface area contributed by atoms with Gasteiger partial charge in [0.1, 0.15) is 11.1 Å². The van der Waals surface area contributed by atoms with Crippen molar-refractivity contribution in [2.45, 2.75) is 32.4 Å². The molecule has 0 radical (unpaired) electrons. The summed E-state index contributed by atoms with van der Waals surface area (Å²) in [6, 6.07) is 3.49. The Kier molecular flexibility index (Phi) is 4.17. The number of carbonyl (C=O) groups excluding carboxylic acids is 2. The third-order valence-corrected chi connectivity index (χ3v) is 3.52. The van der Waals surface area contributed by atoms with Gasteiger partial charge in [-0.05, 0) is 38.3 Å². The standard InChI is InChI=1S/C13H19N3O3S/c1-13(2,3)15-11(17)14-7-9-8-16(12(18)19-9)10-5-4-6-20-10/h4-6,9H,7-8H2,1-3H3,(H2,14,15,17). The number of urea groups is 1. The van der Waals surface area contributed by atoms with E-state index in [1.807, 2.05) is 38.3 Å². The van der Waals surface area contributed by atoms with Gasteiger partial charge in [0, 0.05) is 5.54 Å². The number of amides is 3. The quantitative estimate of drug-likeness (QED) is 0.898. The molecular formula is C13H19N3O3S. The molecule has 2 heterocycles. The van der Waals surface area contributed by atoms with E-state index in [9.17, 15) is 9.59 Å². The summed E-state index contributed by atoms with van der Waals surface area (Å²) in [5, 5.41) is 8.27. The molecule has 3 amide bonds. The van der Waals surface area contributed by atoms with Crippen molar-refractivity contribution in [3.05, 3.63) is 17.5 Å². The third-order valence-electron chi connectivity index (χ3n) is 2.63. The van der Waals surface area contributed by atoms with Crippen molar-refractivity contribution in [3.8, 4) is 0 Å². The third kappa shape index (κ3) is 3.86. The van der Waals surface area contributed by atoms with E-state index in [-0.39, 0.29) is 23.8 Å². The Balaban J connectivity index is 1.81. The van der Waals surface area contributed by atoms with E-state index < -0.39 is 0 Å². The van der Waals surface area contributed by atoms with Crippen LogP contribution in [0.4, 0.5) is 14.6 Å². The summed E-state index contributed by atoms with van der Waals surface area (Å²) < 4.78 is 5.23. The molecule has 1 aliphatic heterocycles. The van der Waals surface area contributed by atoms with Crippen LogP contribution in [0.2, 0.25) is 0 Å². The maximum atomic E-state index is 11.7. The number of nitrogens with one attached hydrogen (secondary N) is 2. The Morgan fingerprint density at radius 2 is 2.30 bits per heavy atom. The fraction of sp³-hybridized carbons (Fsp3) is 0.538. The molecule has 2 N–H and O–H groups in total. The van der Waals surface area contributed by atoms with Crippen molar-refractivity contribution in [1.29, 1.82) is 0 Å². The number of anilines is 1. The average Bonchev–Trinajstić information content (AvgIpc) is 2.92. The number of rotatable bonds is 3. The second-order valence-electron chi connectivity index (χ2n) is 5.65. The topological polar surface area (TPSA) is 70.7 Å². The largest absolute Gasteiger partial charge is 0.442 e. The van der Waals surface area contributed by atoms with Gasteiger partial charge in [-0.3, -0.25) is 4.90 Å². The predicted octanol–water partition coefficient (Wildman–Crippen LogP) is 2.17. The number of thiophene rings is 1. The van der Waals surface area contributed by atoms with Crippen LogP contribution in [0.3, 0.4) is 0 Å². The van der Waals surface area contributed by atoms with Gasteiger partial charge in [-0.15, -0.1) is 11.3 Å². The van der Waals surface area contributed by atoms with Crippen molar-refractivity contribution in [2.24, 2.45) is 0 Å². The van der Waals surface area contributed by atoms with Crippen LogP contribution >= 0.6 is 11.3 Å². The zero-order valence-electron chi connectivity index (χ0n) is 11.8. The van der Waals surface area contributed by atoms with Crippen molar-refractivity contribution in [3.63, 3.8) is 0 Å². The molecule has 1 aromatic heterocycles. The van der Waals surface area contributed by atoms with Crippen LogP contribution in [0.25, 0.3) is 0 Å². The van der Waals surface area contributed by atoms with Crippen LogP contribution in [0.1, 0.15) is 20.8 Å². The molecule has 0 aromatic carbocycles. The molecule has 1 fully saturated rings. The molecule has 110 valence electrons. The van der Waals surface area contributed by atoms with E-state index in [0.29, 0.717) is 13.1 Å². The van der Waals surface area contributed by atoms with E-state index in [1.54, 1.807) is 4.90 Å². The van der Waals surface area contributed by atoms with Crippen LogP contribution < -0.4 is 15.5 Å². The number of hydrogen-bond acceptors (Lipinski definition) is 4. The minimum absolute atomic E-state index is 0.261. The first-order valence-electron chi connectivity index (χ1n) is 6.43. The maximum absolute atomic E-state index is 11.7. The van der Waals surface area contributed by atoms with Crippen LogP contribution in [-0.2, 0) is 4.74 Å². The first-order valence-corrected chi connectivity index (χ1v) is 7.31. The summed E-state index contributed by atoms with van der Waals surface area (Å²) in [4.78, 5) is 25.0. The molecule has 7 heteroatoms. The molecule has 1 unspecified atom stereocenters. The van der Waals surface area contributed by atoms with Crippen LogP contribution in [0.15, 0.2) is 17.5 Å². The lowest BCUT2D eigenvalue weighted by Gasteiger charge is -2.21. The SMILES string of the molecule is CC(C)(C)NC(=O)NCC1CN(c2cccs2)C(=O)O1. The lowest BCUT2D eigenvalue weighted by atomic mass is 10.1. The Hall–Kier alpha value is -1.76. The lowest BCUT2D eigenvalue weighted by Crippen LogP contribution is -2.48. The summed E-state index contributed by atoms with van der Waals surface area (Å²) in [5.41, 5.74) is -0.292.